The van der Waals surface area contributed by atoms with E-state index in [-0.39, 0.29) is 5.91 Å². The number of amides is 1. The van der Waals surface area contributed by atoms with Crippen LogP contribution in [0.15, 0.2) is 67.0 Å². The molecule has 1 aliphatic heterocycles. The van der Waals surface area contributed by atoms with Crippen LogP contribution >= 0.6 is 0 Å². The Hall–Kier alpha value is -3.56. The first-order valence-corrected chi connectivity index (χ1v) is 10.1. The molecule has 1 saturated heterocycles. The zero-order chi connectivity index (χ0) is 21.1. The molecule has 3 aromatic rings. The lowest BCUT2D eigenvalue weighted by atomic mass is 10.0. The van der Waals surface area contributed by atoms with E-state index >= 15 is 0 Å². The summed E-state index contributed by atoms with van der Waals surface area (Å²) in [5.41, 5.74) is 4.02. The van der Waals surface area contributed by atoms with E-state index in [2.05, 4.69) is 11.0 Å². The van der Waals surface area contributed by atoms with Crippen LogP contribution in [0.4, 0.5) is 5.69 Å². The van der Waals surface area contributed by atoms with E-state index in [1.54, 1.807) is 23.8 Å². The molecule has 1 atom stereocenters. The monoisotopic (exact) mass is 400 g/mol. The fourth-order valence-electron chi connectivity index (χ4n) is 3.82. The molecule has 0 saturated carbocycles. The SMILES string of the molecule is CC(O)n1cc(C(=O)N2CCN(c3cccc(C#N)c3)CC2)c(-c2ccccc2)c1. The molecule has 0 bridgehead atoms. The number of nitrogens with zero attached hydrogens (tertiary/aromatic N) is 4. The Morgan fingerprint density at radius 1 is 1.03 bits per heavy atom. The Labute approximate surface area is 176 Å². The number of rotatable bonds is 4. The van der Waals surface area contributed by atoms with E-state index < -0.39 is 6.23 Å². The van der Waals surface area contributed by atoms with Gasteiger partial charge in [0.1, 0.15) is 6.23 Å². The first kappa shape index (κ1) is 19.7. The summed E-state index contributed by atoms with van der Waals surface area (Å²) in [5.74, 6) is -0.0290. The Bertz CT molecular complexity index is 1070. The molecule has 1 aromatic heterocycles. The van der Waals surface area contributed by atoms with Crippen LogP contribution in [0.2, 0.25) is 0 Å². The smallest absolute Gasteiger partial charge is 0.256 e. The number of nitriles is 1. The van der Waals surface area contributed by atoms with Gasteiger partial charge in [0.25, 0.3) is 5.91 Å². The molecule has 30 heavy (non-hydrogen) atoms. The third-order valence-electron chi connectivity index (χ3n) is 5.50. The highest BCUT2D eigenvalue weighted by atomic mass is 16.3. The second kappa shape index (κ2) is 8.44. The van der Waals surface area contributed by atoms with Crippen molar-refractivity contribution in [3.05, 3.63) is 78.1 Å². The summed E-state index contributed by atoms with van der Waals surface area (Å²) < 4.78 is 1.67. The van der Waals surface area contributed by atoms with Gasteiger partial charge in [-0.3, -0.25) is 4.79 Å². The molecule has 1 unspecified atom stereocenters. The molecular weight excluding hydrogens is 376 g/mol. The average molecular weight is 400 g/mol. The number of aromatic nitrogens is 1. The number of hydrogen-bond acceptors (Lipinski definition) is 4. The molecule has 0 spiro atoms. The molecule has 2 heterocycles. The lowest BCUT2D eigenvalue weighted by Gasteiger charge is -2.36. The Morgan fingerprint density at radius 2 is 1.77 bits per heavy atom. The van der Waals surface area contributed by atoms with E-state index in [1.807, 2.05) is 59.6 Å². The molecule has 6 heteroatoms. The Balaban J connectivity index is 1.54. The predicted molar refractivity (Wildman–Crippen MR) is 116 cm³/mol. The molecular formula is C24H24N4O2. The summed E-state index contributed by atoms with van der Waals surface area (Å²) >= 11 is 0. The summed E-state index contributed by atoms with van der Waals surface area (Å²) in [6, 6.07) is 19.5. The molecule has 1 amide bonds. The maximum absolute atomic E-state index is 13.3. The molecule has 6 nitrogen and oxygen atoms in total. The fourth-order valence-corrected chi connectivity index (χ4v) is 3.82. The number of piperazine rings is 1. The van der Waals surface area contributed by atoms with Gasteiger partial charge in [-0.15, -0.1) is 0 Å². The molecule has 1 N–H and O–H groups in total. The highest BCUT2D eigenvalue weighted by Gasteiger charge is 2.26. The van der Waals surface area contributed by atoms with Crippen molar-refractivity contribution in [3.8, 4) is 17.2 Å². The maximum Gasteiger partial charge on any atom is 0.256 e. The lowest BCUT2D eigenvalue weighted by Crippen LogP contribution is -2.48. The molecule has 2 aromatic carbocycles. The molecule has 0 aliphatic carbocycles. The highest BCUT2D eigenvalue weighted by molar-refractivity contribution is 6.01. The van der Waals surface area contributed by atoms with Crippen molar-refractivity contribution in [1.29, 1.82) is 5.26 Å². The summed E-state index contributed by atoms with van der Waals surface area (Å²) in [4.78, 5) is 17.4. The lowest BCUT2D eigenvalue weighted by molar-refractivity contribution is 0.0746. The van der Waals surface area contributed by atoms with E-state index in [4.69, 9.17) is 5.26 Å². The quantitative estimate of drug-likeness (QED) is 0.728. The van der Waals surface area contributed by atoms with Gasteiger partial charge in [-0.05, 0) is 30.7 Å². The zero-order valence-corrected chi connectivity index (χ0v) is 16.9. The van der Waals surface area contributed by atoms with Crippen LogP contribution in [0.1, 0.15) is 29.1 Å². The van der Waals surface area contributed by atoms with Crippen molar-refractivity contribution >= 4 is 11.6 Å². The van der Waals surface area contributed by atoms with Crippen LogP contribution in [-0.4, -0.2) is 46.7 Å². The molecule has 152 valence electrons. The summed E-state index contributed by atoms with van der Waals surface area (Å²) in [5, 5.41) is 19.1. The molecule has 1 fully saturated rings. The van der Waals surface area contributed by atoms with Crippen molar-refractivity contribution in [2.75, 3.05) is 31.1 Å². The van der Waals surface area contributed by atoms with E-state index in [9.17, 15) is 9.90 Å². The fraction of sp³-hybridized carbons (Fsp3) is 0.250. The van der Waals surface area contributed by atoms with Gasteiger partial charge in [-0.1, -0.05) is 36.4 Å². The second-order valence-electron chi connectivity index (χ2n) is 7.47. The van der Waals surface area contributed by atoms with Crippen molar-refractivity contribution in [1.82, 2.24) is 9.47 Å². The van der Waals surface area contributed by atoms with Crippen molar-refractivity contribution < 1.29 is 9.90 Å². The highest BCUT2D eigenvalue weighted by Crippen LogP contribution is 2.28. The normalized spacial score (nSPS) is 15.0. The number of aliphatic hydroxyl groups excluding tert-OH is 1. The molecule has 1 aliphatic rings. The standard InChI is InChI=1S/C24H24N4O2/c1-18(29)28-16-22(20-7-3-2-4-8-20)23(17-28)24(30)27-12-10-26(11-13-27)21-9-5-6-19(14-21)15-25/h2-9,14,16-18,29H,10-13H2,1H3. The minimum atomic E-state index is -0.710. The summed E-state index contributed by atoms with van der Waals surface area (Å²) in [7, 11) is 0. The van der Waals surface area contributed by atoms with E-state index in [0.717, 1.165) is 16.8 Å². The van der Waals surface area contributed by atoms with Crippen LogP contribution in [-0.2, 0) is 0 Å². The molecule has 0 radical (unpaired) electrons. The van der Waals surface area contributed by atoms with Crippen molar-refractivity contribution in [2.24, 2.45) is 0 Å². The second-order valence-corrected chi connectivity index (χ2v) is 7.47. The average Bonchev–Trinajstić information content (AvgIpc) is 3.25. The topological polar surface area (TPSA) is 72.5 Å². The maximum atomic E-state index is 13.3. The van der Waals surface area contributed by atoms with Gasteiger partial charge in [0.2, 0.25) is 0 Å². The van der Waals surface area contributed by atoms with E-state index in [0.29, 0.717) is 37.3 Å². The van der Waals surface area contributed by atoms with Crippen LogP contribution in [0.3, 0.4) is 0 Å². The van der Waals surface area contributed by atoms with Gasteiger partial charge >= 0.3 is 0 Å². The van der Waals surface area contributed by atoms with Gasteiger partial charge in [0.15, 0.2) is 0 Å². The summed E-state index contributed by atoms with van der Waals surface area (Å²) in [6.45, 7) is 4.29. The number of carbonyl (C=O) groups excluding carboxylic acids is 1. The van der Waals surface area contributed by atoms with Gasteiger partial charge in [-0.25, -0.2) is 0 Å². The first-order chi connectivity index (χ1) is 14.6. The zero-order valence-electron chi connectivity index (χ0n) is 16.9. The first-order valence-electron chi connectivity index (χ1n) is 10.1. The van der Waals surface area contributed by atoms with Crippen molar-refractivity contribution in [2.45, 2.75) is 13.2 Å². The van der Waals surface area contributed by atoms with Crippen LogP contribution in [0.25, 0.3) is 11.1 Å². The number of carbonyl (C=O) groups is 1. The van der Waals surface area contributed by atoms with E-state index in [1.165, 1.54) is 0 Å². The number of hydrogen-bond donors (Lipinski definition) is 1. The van der Waals surface area contributed by atoms with Crippen LogP contribution in [0.5, 0.6) is 0 Å². The van der Waals surface area contributed by atoms with Gasteiger partial charge in [-0.2, -0.15) is 5.26 Å². The van der Waals surface area contributed by atoms with Crippen LogP contribution in [0, 0.1) is 11.3 Å². The van der Waals surface area contributed by atoms with Gasteiger partial charge in [0, 0.05) is 49.8 Å². The number of benzene rings is 2. The largest absolute Gasteiger partial charge is 0.374 e. The Morgan fingerprint density at radius 3 is 2.43 bits per heavy atom. The van der Waals surface area contributed by atoms with Crippen molar-refractivity contribution in [3.63, 3.8) is 0 Å². The third kappa shape index (κ3) is 3.93. The predicted octanol–water partition coefficient (Wildman–Crippen LogP) is 3.50. The minimum absolute atomic E-state index is 0.0290. The number of anilines is 1. The molecule has 4 rings (SSSR count). The van der Waals surface area contributed by atoms with Gasteiger partial charge in [0.05, 0.1) is 17.2 Å². The number of aliphatic hydroxyl groups is 1. The third-order valence-corrected chi connectivity index (χ3v) is 5.50. The summed E-state index contributed by atoms with van der Waals surface area (Å²) in [6.07, 6.45) is 2.85. The van der Waals surface area contributed by atoms with Gasteiger partial charge < -0.3 is 19.5 Å². The van der Waals surface area contributed by atoms with Crippen LogP contribution < -0.4 is 4.90 Å². The Kier molecular flexibility index (Phi) is 5.55. The minimum Gasteiger partial charge on any atom is -0.374 e.